The minimum absolute atomic E-state index is 0.0102. The van der Waals surface area contributed by atoms with E-state index >= 15 is 0 Å². The van der Waals surface area contributed by atoms with E-state index in [1.165, 1.54) is 103 Å². The maximum atomic E-state index is 12.7. The Hall–Kier alpha value is -1.24. The molecule has 1 aromatic carbocycles. The molecule has 0 aliphatic carbocycles. The molecule has 0 aliphatic heterocycles. The number of ketones is 1. The molecule has 0 fully saturated rings. The van der Waals surface area contributed by atoms with Crippen molar-refractivity contribution in [2.45, 2.75) is 149 Å². The van der Waals surface area contributed by atoms with Gasteiger partial charge in [-0.2, -0.15) is 0 Å². The minimum atomic E-state index is -4.28. The second kappa shape index (κ2) is 24.0. The maximum absolute atomic E-state index is 12.7. The van der Waals surface area contributed by atoms with Crippen molar-refractivity contribution in [1.82, 2.24) is 0 Å². The highest BCUT2D eigenvalue weighted by atomic mass is 31.2. The Kier molecular flexibility index (Phi) is 22.3. The van der Waals surface area contributed by atoms with E-state index in [0.717, 1.165) is 24.3 Å². The van der Waals surface area contributed by atoms with E-state index in [9.17, 15) is 14.3 Å². The molecular formula is C36H67NO6P+. The van der Waals surface area contributed by atoms with Crippen LogP contribution in [0.5, 0.6) is 5.75 Å². The number of rotatable bonds is 29. The summed E-state index contributed by atoms with van der Waals surface area (Å²) in [6.45, 7) is 8.91. The minimum Gasteiger partial charge on any atom is -0.493 e. The van der Waals surface area contributed by atoms with Crippen molar-refractivity contribution in [1.29, 1.82) is 0 Å². The van der Waals surface area contributed by atoms with Crippen LogP contribution >= 0.6 is 7.82 Å². The molecule has 0 bridgehead atoms. The number of Topliss-reactive ketones (excluding diaryl/α,β-unsaturated/α-hetero) is 1. The lowest BCUT2D eigenvalue weighted by atomic mass is 9.95. The monoisotopic (exact) mass is 640 g/mol. The number of ether oxygens (including phenoxy) is 1. The number of carbonyl (C=O) groups is 1. The van der Waals surface area contributed by atoms with E-state index in [-0.39, 0.29) is 24.7 Å². The molecule has 3 atom stereocenters. The van der Waals surface area contributed by atoms with Crippen LogP contribution in [0.2, 0.25) is 0 Å². The highest BCUT2D eigenvalue weighted by molar-refractivity contribution is 7.47. The molecule has 3 unspecified atom stereocenters. The van der Waals surface area contributed by atoms with Gasteiger partial charge in [0.2, 0.25) is 6.23 Å². The lowest BCUT2D eigenvalue weighted by Gasteiger charge is -2.34. The molecular weight excluding hydrogens is 573 g/mol. The van der Waals surface area contributed by atoms with E-state index in [1.54, 1.807) is 6.92 Å². The Morgan fingerprint density at radius 3 is 1.84 bits per heavy atom. The van der Waals surface area contributed by atoms with E-state index in [0.29, 0.717) is 17.5 Å². The normalized spacial score (nSPS) is 14.7. The van der Waals surface area contributed by atoms with Crippen molar-refractivity contribution in [3.05, 3.63) is 29.8 Å². The standard InChI is InChI=1S/C36H66NO6P/c1-7-9-10-11-12-13-14-15-16-17-18-19-20-21-22-25-28-41-36-27-24-23-26-35(36)30-34(29-32(3)38)31-42-44(39,40)43-33(4)37(5,6)8-2/h23-24,26-27,33-34H,7-22,25,28-31H2,1-6H3/p+1. The van der Waals surface area contributed by atoms with Gasteiger partial charge in [-0.05, 0) is 44.2 Å². The Labute approximate surface area is 270 Å². The summed E-state index contributed by atoms with van der Waals surface area (Å²) < 4.78 is 30.1. The third kappa shape index (κ3) is 20.0. The van der Waals surface area contributed by atoms with Gasteiger partial charge in [0.25, 0.3) is 0 Å². The lowest BCUT2D eigenvalue weighted by Crippen LogP contribution is -2.48. The fourth-order valence-electron chi connectivity index (χ4n) is 5.36. The first kappa shape index (κ1) is 40.8. The third-order valence-corrected chi connectivity index (χ3v) is 9.92. The SMILES string of the molecule is CCCCCCCCCCCCCCCCCCOc1ccccc1CC(COP(=O)(O)OC(C)[N+](C)(C)CC)CC(C)=O. The molecule has 0 aromatic heterocycles. The largest absolute Gasteiger partial charge is 0.493 e. The van der Waals surface area contributed by atoms with Gasteiger partial charge in [-0.15, -0.1) is 0 Å². The van der Waals surface area contributed by atoms with E-state index in [4.69, 9.17) is 13.8 Å². The first-order valence-electron chi connectivity index (χ1n) is 17.7. The zero-order valence-electron chi connectivity index (χ0n) is 29.2. The predicted molar refractivity (Wildman–Crippen MR) is 183 cm³/mol. The summed E-state index contributed by atoms with van der Waals surface area (Å²) in [5.74, 6) is 0.554. The summed E-state index contributed by atoms with van der Waals surface area (Å²) in [6.07, 6.45) is 21.7. The third-order valence-electron chi connectivity index (χ3n) is 8.87. The summed E-state index contributed by atoms with van der Waals surface area (Å²) in [5, 5.41) is 0. The van der Waals surface area contributed by atoms with Gasteiger partial charge < -0.3 is 18.9 Å². The fraction of sp³-hybridized carbons (Fsp3) is 0.806. The van der Waals surface area contributed by atoms with Gasteiger partial charge in [-0.1, -0.05) is 121 Å². The van der Waals surface area contributed by atoms with Crippen LogP contribution in [0.4, 0.5) is 0 Å². The molecule has 1 rings (SSSR count). The number of para-hydroxylation sites is 1. The number of hydrogen-bond acceptors (Lipinski definition) is 5. The Morgan fingerprint density at radius 2 is 1.34 bits per heavy atom. The Morgan fingerprint density at radius 1 is 0.841 bits per heavy atom. The van der Waals surface area contributed by atoms with Gasteiger partial charge >= 0.3 is 7.82 Å². The average Bonchev–Trinajstić information content (AvgIpc) is 2.97. The maximum Gasteiger partial charge on any atom is 0.476 e. The summed E-state index contributed by atoms with van der Waals surface area (Å²) >= 11 is 0. The van der Waals surface area contributed by atoms with Crippen molar-refractivity contribution in [3.8, 4) is 5.75 Å². The van der Waals surface area contributed by atoms with E-state index in [1.807, 2.05) is 45.3 Å². The van der Waals surface area contributed by atoms with Gasteiger partial charge in [0.15, 0.2) is 0 Å². The molecule has 0 saturated carbocycles. The van der Waals surface area contributed by atoms with Crippen molar-refractivity contribution in [3.63, 3.8) is 0 Å². The van der Waals surface area contributed by atoms with Crippen LogP contribution in [-0.4, -0.2) is 55.2 Å². The number of quaternary nitrogens is 1. The van der Waals surface area contributed by atoms with Crippen molar-refractivity contribution in [2.24, 2.45) is 5.92 Å². The molecule has 256 valence electrons. The van der Waals surface area contributed by atoms with Crippen LogP contribution in [-0.2, 0) is 24.8 Å². The summed E-state index contributed by atoms with van der Waals surface area (Å²) in [6, 6.07) is 7.86. The number of unbranched alkanes of at least 4 members (excludes halogenated alkanes) is 15. The number of benzene rings is 1. The van der Waals surface area contributed by atoms with Gasteiger partial charge in [0.1, 0.15) is 11.5 Å². The summed E-state index contributed by atoms with van der Waals surface area (Å²) in [7, 11) is -0.417. The van der Waals surface area contributed by atoms with Gasteiger partial charge in [0.05, 0.1) is 33.9 Å². The highest BCUT2D eigenvalue weighted by Crippen LogP contribution is 2.46. The molecule has 1 N–H and O–H groups in total. The first-order valence-corrected chi connectivity index (χ1v) is 19.2. The predicted octanol–water partition coefficient (Wildman–Crippen LogP) is 10.0. The van der Waals surface area contributed by atoms with E-state index < -0.39 is 14.1 Å². The van der Waals surface area contributed by atoms with Crippen molar-refractivity contribution in [2.75, 3.05) is 33.9 Å². The zero-order valence-corrected chi connectivity index (χ0v) is 30.1. The fourth-order valence-corrected chi connectivity index (χ4v) is 6.46. The van der Waals surface area contributed by atoms with Crippen LogP contribution in [0.1, 0.15) is 142 Å². The van der Waals surface area contributed by atoms with Gasteiger partial charge in [0, 0.05) is 13.3 Å². The van der Waals surface area contributed by atoms with Gasteiger partial charge in [-0.3, -0.25) is 4.52 Å². The molecule has 0 aliphatic rings. The second-order valence-electron chi connectivity index (χ2n) is 13.3. The molecule has 8 heteroatoms. The number of nitrogens with zero attached hydrogens (tertiary/aromatic N) is 1. The quantitative estimate of drug-likeness (QED) is 0.0406. The van der Waals surface area contributed by atoms with E-state index in [2.05, 4.69) is 6.92 Å². The van der Waals surface area contributed by atoms with Gasteiger partial charge in [-0.25, -0.2) is 9.09 Å². The number of phosphoric ester groups is 1. The van der Waals surface area contributed by atoms with Crippen LogP contribution in [0.3, 0.4) is 0 Å². The topological polar surface area (TPSA) is 82.1 Å². The Bertz CT molecular complexity index is 924. The summed E-state index contributed by atoms with van der Waals surface area (Å²) in [5.41, 5.74) is 0.977. The second-order valence-corrected chi connectivity index (χ2v) is 14.7. The highest BCUT2D eigenvalue weighted by Gasteiger charge is 2.33. The smallest absolute Gasteiger partial charge is 0.476 e. The van der Waals surface area contributed by atoms with Crippen molar-refractivity contribution < 1.29 is 32.5 Å². The average molecular weight is 641 g/mol. The number of phosphoric acid groups is 1. The first-order chi connectivity index (χ1) is 21.0. The number of carbonyl (C=O) groups excluding carboxylic acids is 1. The number of hydrogen-bond donors (Lipinski definition) is 1. The molecule has 7 nitrogen and oxygen atoms in total. The Balaban J connectivity index is 2.33. The van der Waals surface area contributed by atoms with Crippen LogP contribution in [0.25, 0.3) is 0 Å². The molecule has 0 saturated heterocycles. The molecule has 0 spiro atoms. The van der Waals surface area contributed by atoms with Crippen LogP contribution < -0.4 is 4.74 Å². The molecule has 0 radical (unpaired) electrons. The molecule has 0 heterocycles. The van der Waals surface area contributed by atoms with Crippen LogP contribution in [0.15, 0.2) is 24.3 Å². The summed E-state index contributed by atoms with van der Waals surface area (Å²) in [4.78, 5) is 22.3. The molecule has 0 amide bonds. The van der Waals surface area contributed by atoms with Crippen LogP contribution in [0, 0.1) is 5.92 Å². The van der Waals surface area contributed by atoms with Crippen molar-refractivity contribution >= 4 is 13.6 Å². The zero-order chi connectivity index (χ0) is 32.7. The molecule has 1 aromatic rings. The molecule has 44 heavy (non-hydrogen) atoms. The lowest BCUT2D eigenvalue weighted by molar-refractivity contribution is -0.930.